The van der Waals surface area contributed by atoms with E-state index in [1.54, 1.807) is 12.1 Å². The first-order valence-electron chi connectivity index (χ1n) is 8.08. The summed E-state index contributed by atoms with van der Waals surface area (Å²) in [6.45, 7) is 5.10. The first-order chi connectivity index (χ1) is 11.3. The van der Waals surface area contributed by atoms with Gasteiger partial charge in [0.25, 0.3) is 5.91 Å². The Labute approximate surface area is 149 Å². The van der Waals surface area contributed by atoms with E-state index in [2.05, 4.69) is 35.8 Å². The van der Waals surface area contributed by atoms with E-state index in [1.807, 2.05) is 12.1 Å². The third-order valence-corrected chi connectivity index (χ3v) is 3.92. The van der Waals surface area contributed by atoms with E-state index in [-0.39, 0.29) is 18.3 Å². The highest BCUT2D eigenvalue weighted by atomic mass is 35.5. The van der Waals surface area contributed by atoms with Crippen molar-refractivity contribution < 1.29 is 9.53 Å². The van der Waals surface area contributed by atoms with Gasteiger partial charge in [0, 0.05) is 25.2 Å². The molecule has 2 aromatic carbocycles. The van der Waals surface area contributed by atoms with Gasteiger partial charge in [-0.25, -0.2) is 0 Å². The van der Waals surface area contributed by atoms with Crippen LogP contribution in [0.25, 0.3) is 0 Å². The zero-order chi connectivity index (χ0) is 16.1. The molecule has 0 fully saturated rings. The highest BCUT2D eigenvalue weighted by molar-refractivity contribution is 5.94. The molecule has 3 rings (SSSR count). The summed E-state index contributed by atoms with van der Waals surface area (Å²) in [5, 5.41) is 6.30. The van der Waals surface area contributed by atoms with Crippen molar-refractivity contribution in [3.63, 3.8) is 0 Å². The lowest BCUT2D eigenvalue weighted by molar-refractivity contribution is 0.0950. The lowest BCUT2D eigenvalue weighted by atomic mass is 10.1. The predicted octanol–water partition coefficient (Wildman–Crippen LogP) is 3.43. The minimum atomic E-state index is -0.0782. The normalized spacial score (nSPS) is 12.2. The predicted molar refractivity (Wildman–Crippen MR) is 97.6 cm³/mol. The maximum atomic E-state index is 12.3. The van der Waals surface area contributed by atoms with Gasteiger partial charge in [0.05, 0.1) is 6.61 Å². The Morgan fingerprint density at radius 3 is 2.83 bits per heavy atom. The average Bonchev–Trinajstić information content (AvgIpc) is 3.05. The molecule has 5 heteroatoms. The average molecular weight is 347 g/mol. The van der Waals surface area contributed by atoms with Crippen LogP contribution in [0.5, 0.6) is 5.75 Å². The number of ether oxygens (including phenoxy) is 1. The molecule has 0 atom stereocenters. The summed E-state index contributed by atoms with van der Waals surface area (Å²) in [4.78, 5) is 12.3. The van der Waals surface area contributed by atoms with E-state index in [9.17, 15) is 4.79 Å². The van der Waals surface area contributed by atoms with Crippen LogP contribution in [0.4, 0.5) is 0 Å². The SMILES string of the molecule is CCCOc1cccc(C(=O)NCc2ccc3c(c2)CNC3)c1.Cl. The quantitative estimate of drug-likeness (QED) is 0.842. The molecule has 0 saturated heterocycles. The zero-order valence-electron chi connectivity index (χ0n) is 13.8. The Bertz CT molecular complexity index is 704. The molecule has 1 amide bonds. The molecule has 1 aliphatic heterocycles. The van der Waals surface area contributed by atoms with Crippen LogP contribution >= 0.6 is 12.4 Å². The molecule has 0 spiro atoms. The van der Waals surface area contributed by atoms with Crippen LogP contribution in [-0.2, 0) is 19.6 Å². The number of benzene rings is 2. The van der Waals surface area contributed by atoms with Gasteiger partial charge in [-0.05, 0) is 41.3 Å². The van der Waals surface area contributed by atoms with Crippen molar-refractivity contribution in [2.24, 2.45) is 0 Å². The molecule has 2 N–H and O–H groups in total. The van der Waals surface area contributed by atoms with Gasteiger partial charge < -0.3 is 15.4 Å². The fraction of sp³-hybridized carbons (Fsp3) is 0.316. The van der Waals surface area contributed by atoms with Gasteiger partial charge in [-0.15, -0.1) is 12.4 Å². The van der Waals surface area contributed by atoms with Gasteiger partial charge >= 0.3 is 0 Å². The molecule has 1 aliphatic rings. The van der Waals surface area contributed by atoms with Gasteiger partial charge in [-0.1, -0.05) is 31.2 Å². The molecule has 128 valence electrons. The second-order valence-corrected chi connectivity index (χ2v) is 5.77. The van der Waals surface area contributed by atoms with Crippen molar-refractivity contribution in [2.45, 2.75) is 33.0 Å². The highest BCUT2D eigenvalue weighted by Crippen LogP contribution is 2.17. The van der Waals surface area contributed by atoms with Crippen LogP contribution < -0.4 is 15.4 Å². The zero-order valence-corrected chi connectivity index (χ0v) is 14.6. The smallest absolute Gasteiger partial charge is 0.251 e. The summed E-state index contributed by atoms with van der Waals surface area (Å²) in [7, 11) is 0. The lowest BCUT2D eigenvalue weighted by Gasteiger charge is -2.09. The molecule has 0 aliphatic carbocycles. The maximum Gasteiger partial charge on any atom is 0.251 e. The van der Waals surface area contributed by atoms with Gasteiger partial charge in [-0.2, -0.15) is 0 Å². The van der Waals surface area contributed by atoms with E-state index in [0.717, 1.165) is 30.8 Å². The second-order valence-electron chi connectivity index (χ2n) is 5.77. The van der Waals surface area contributed by atoms with Crippen molar-refractivity contribution >= 4 is 18.3 Å². The van der Waals surface area contributed by atoms with Crippen LogP contribution in [0.3, 0.4) is 0 Å². The summed E-state index contributed by atoms with van der Waals surface area (Å²) in [5.41, 5.74) is 4.42. The summed E-state index contributed by atoms with van der Waals surface area (Å²) in [5.74, 6) is 0.661. The molecule has 4 nitrogen and oxygen atoms in total. The minimum Gasteiger partial charge on any atom is -0.494 e. The van der Waals surface area contributed by atoms with Crippen molar-refractivity contribution in [1.82, 2.24) is 10.6 Å². The van der Waals surface area contributed by atoms with Crippen LogP contribution in [0.1, 0.15) is 40.4 Å². The third-order valence-electron chi connectivity index (χ3n) is 3.92. The first-order valence-corrected chi connectivity index (χ1v) is 8.08. The van der Waals surface area contributed by atoms with Crippen molar-refractivity contribution in [1.29, 1.82) is 0 Å². The van der Waals surface area contributed by atoms with Crippen LogP contribution in [0.15, 0.2) is 42.5 Å². The standard InChI is InChI=1S/C19H22N2O2.ClH/c1-2-8-23-18-5-3-4-15(10-18)19(22)21-11-14-6-7-16-12-20-13-17(16)9-14;/h3-7,9-10,20H,2,8,11-13H2,1H3,(H,21,22);1H. The van der Waals surface area contributed by atoms with E-state index >= 15 is 0 Å². The molecular weight excluding hydrogens is 324 g/mol. The number of fused-ring (bicyclic) bond motifs is 1. The molecule has 0 aromatic heterocycles. The number of hydrogen-bond acceptors (Lipinski definition) is 3. The Balaban J connectivity index is 0.00000208. The number of rotatable bonds is 6. The molecule has 0 saturated carbocycles. The monoisotopic (exact) mass is 346 g/mol. The summed E-state index contributed by atoms with van der Waals surface area (Å²) >= 11 is 0. The lowest BCUT2D eigenvalue weighted by Crippen LogP contribution is -2.22. The van der Waals surface area contributed by atoms with Gasteiger partial charge in [-0.3, -0.25) is 4.79 Å². The molecule has 24 heavy (non-hydrogen) atoms. The molecule has 0 bridgehead atoms. The van der Waals surface area contributed by atoms with E-state index in [0.29, 0.717) is 18.7 Å². The van der Waals surface area contributed by atoms with Crippen molar-refractivity contribution in [2.75, 3.05) is 6.61 Å². The molecule has 1 heterocycles. The largest absolute Gasteiger partial charge is 0.494 e. The van der Waals surface area contributed by atoms with Crippen LogP contribution in [0, 0.1) is 0 Å². The van der Waals surface area contributed by atoms with E-state index < -0.39 is 0 Å². The third kappa shape index (κ3) is 4.49. The Kier molecular flexibility index (Phi) is 6.64. The summed E-state index contributed by atoms with van der Waals surface area (Å²) in [6, 6.07) is 13.7. The van der Waals surface area contributed by atoms with Gasteiger partial charge in [0.15, 0.2) is 0 Å². The number of amides is 1. The Morgan fingerprint density at radius 1 is 1.17 bits per heavy atom. The number of hydrogen-bond donors (Lipinski definition) is 2. The van der Waals surface area contributed by atoms with E-state index in [4.69, 9.17) is 4.74 Å². The van der Waals surface area contributed by atoms with Crippen LogP contribution in [0.2, 0.25) is 0 Å². The summed E-state index contributed by atoms with van der Waals surface area (Å²) in [6.07, 6.45) is 0.948. The van der Waals surface area contributed by atoms with Crippen molar-refractivity contribution in [3.8, 4) is 5.75 Å². The Hall–Kier alpha value is -2.04. The molecule has 0 unspecified atom stereocenters. The summed E-state index contributed by atoms with van der Waals surface area (Å²) < 4.78 is 5.57. The van der Waals surface area contributed by atoms with E-state index in [1.165, 1.54) is 11.1 Å². The van der Waals surface area contributed by atoms with Crippen LogP contribution in [-0.4, -0.2) is 12.5 Å². The molecule has 0 radical (unpaired) electrons. The highest BCUT2D eigenvalue weighted by Gasteiger charge is 2.11. The number of halogens is 1. The first kappa shape index (κ1) is 18.3. The maximum absolute atomic E-state index is 12.3. The fourth-order valence-corrected chi connectivity index (χ4v) is 2.69. The fourth-order valence-electron chi connectivity index (χ4n) is 2.69. The minimum absolute atomic E-state index is 0. The Morgan fingerprint density at radius 2 is 2.00 bits per heavy atom. The molecular formula is C19H23ClN2O2. The number of carbonyl (C=O) groups excluding carboxylic acids is 1. The second kappa shape index (κ2) is 8.71. The topological polar surface area (TPSA) is 50.4 Å². The number of nitrogens with one attached hydrogen (secondary N) is 2. The molecule has 2 aromatic rings. The van der Waals surface area contributed by atoms with Crippen molar-refractivity contribution in [3.05, 3.63) is 64.7 Å². The van der Waals surface area contributed by atoms with Gasteiger partial charge in [0.1, 0.15) is 5.75 Å². The van der Waals surface area contributed by atoms with Gasteiger partial charge in [0.2, 0.25) is 0 Å². The number of carbonyl (C=O) groups is 1.